The zero-order valence-electron chi connectivity index (χ0n) is 14.0. The van der Waals surface area contributed by atoms with Gasteiger partial charge in [-0.05, 0) is 42.2 Å². The Labute approximate surface area is 150 Å². The second kappa shape index (κ2) is 7.07. The van der Waals surface area contributed by atoms with E-state index in [1.165, 1.54) is 23.0 Å². The van der Waals surface area contributed by atoms with E-state index in [9.17, 15) is 9.18 Å². The van der Waals surface area contributed by atoms with E-state index in [-0.39, 0.29) is 11.7 Å². The summed E-state index contributed by atoms with van der Waals surface area (Å²) < 4.78 is 13.8. The smallest absolute Gasteiger partial charge is 0.223 e. The number of carbonyl (C=O) groups excluding carboxylic acids is 1. The van der Waals surface area contributed by atoms with Crippen molar-refractivity contribution in [2.45, 2.75) is 32.2 Å². The van der Waals surface area contributed by atoms with Gasteiger partial charge in [0.15, 0.2) is 11.6 Å². The van der Waals surface area contributed by atoms with E-state index in [1.807, 2.05) is 9.80 Å². The lowest BCUT2D eigenvalue weighted by molar-refractivity contribution is -0.133. The molecule has 1 amide bonds. The summed E-state index contributed by atoms with van der Waals surface area (Å²) in [6.45, 7) is 3.06. The van der Waals surface area contributed by atoms with Gasteiger partial charge in [-0.2, -0.15) is 0 Å². The molecule has 132 valence electrons. The molecule has 4 heterocycles. The number of carbonyl (C=O) groups is 1. The number of nitrogens with zero attached hydrogens (tertiary/aromatic N) is 4. The van der Waals surface area contributed by atoms with Crippen LogP contribution in [-0.4, -0.2) is 40.4 Å². The van der Waals surface area contributed by atoms with Crippen molar-refractivity contribution < 1.29 is 9.18 Å². The number of amides is 1. The van der Waals surface area contributed by atoms with Gasteiger partial charge in [0, 0.05) is 37.5 Å². The molecule has 0 N–H and O–H groups in total. The van der Waals surface area contributed by atoms with E-state index < -0.39 is 0 Å². The van der Waals surface area contributed by atoms with E-state index in [1.54, 1.807) is 11.3 Å². The number of halogens is 1. The summed E-state index contributed by atoms with van der Waals surface area (Å²) in [7, 11) is 0. The Kier molecular flexibility index (Phi) is 4.65. The van der Waals surface area contributed by atoms with Crippen LogP contribution in [0, 0.1) is 11.7 Å². The molecule has 0 saturated carbocycles. The average Bonchev–Trinajstić information content (AvgIpc) is 3.10. The average molecular weight is 360 g/mol. The minimum Gasteiger partial charge on any atom is -0.354 e. The Balaban J connectivity index is 1.30. The highest BCUT2D eigenvalue weighted by Gasteiger charge is 2.27. The maximum atomic E-state index is 13.8. The predicted molar refractivity (Wildman–Crippen MR) is 95.0 cm³/mol. The molecule has 2 aromatic heterocycles. The van der Waals surface area contributed by atoms with E-state index in [2.05, 4.69) is 21.4 Å². The van der Waals surface area contributed by atoms with E-state index in [4.69, 9.17) is 0 Å². The molecule has 5 nitrogen and oxygen atoms in total. The third-order valence-electron chi connectivity index (χ3n) is 5.19. The number of rotatable bonds is 3. The summed E-state index contributed by atoms with van der Waals surface area (Å²) in [4.78, 5) is 25.7. The standard InChI is InChI=1S/C18H21FN4OS/c19-15-10-20-12-21-18(15)22-5-1-13(2-6-22)9-17(24)23-7-3-16-14(11-23)4-8-25-16/h4,8,10,12-13H,1-3,5-7,9,11H2. The molecule has 2 aliphatic rings. The Morgan fingerprint density at radius 1 is 1.32 bits per heavy atom. The fourth-order valence-corrected chi connectivity index (χ4v) is 4.61. The minimum atomic E-state index is -0.378. The van der Waals surface area contributed by atoms with Crippen LogP contribution in [0.4, 0.5) is 10.2 Å². The third kappa shape index (κ3) is 3.51. The first kappa shape index (κ1) is 16.4. The number of fused-ring (bicyclic) bond motifs is 1. The molecule has 0 spiro atoms. The van der Waals surface area contributed by atoms with Crippen LogP contribution in [0.1, 0.15) is 29.7 Å². The molecule has 0 radical (unpaired) electrons. The van der Waals surface area contributed by atoms with Crippen LogP contribution >= 0.6 is 11.3 Å². The van der Waals surface area contributed by atoms with E-state index >= 15 is 0 Å². The fourth-order valence-electron chi connectivity index (χ4n) is 3.73. The number of piperidine rings is 1. The largest absolute Gasteiger partial charge is 0.354 e. The van der Waals surface area contributed by atoms with Crippen molar-refractivity contribution in [1.29, 1.82) is 0 Å². The van der Waals surface area contributed by atoms with Crippen LogP contribution in [0.15, 0.2) is 24.0 Å². The number of anilines is 1. The van der Waals surface area contributed by atoms with Gasteiger partial charge in [0.2, 0.25) is 5.91 Å². The van der Waals surface area contributed by atoms with Gasteiger partial charge in [-0.1, -0.05) is 0 Å². The quantitative estimate of drug-likeness (QED) is 0.845. The van der Waals surface area contributed by atoms with Gasteiger partial charge in [-0.15, -0.1) is 11.3 Å². The molecule has 0 aromatic carbocycles. The maximum absolute atomic E-state index is 13.8. The molecule has 0 atom stereocenters. The first-order valence-corrected chi connectivity index (χ1v) is 9.62. The van der Waals surface area contributed by atoms with Crippen molar-refractivity contribution in [2.75, 3.05) is 24.5 Å². The molecule has 7 heteroatoms. The van der Waals surface area contributed by atoms with Gasteiger partial charge in [0.1, 0.15) is 6.33 Å². The summed E-state index contributed by atoms with van der Waals surface area (Å²) in [5.74, 6) is 0.624. The second-order valence-electron chi connectivity index (χ2n) is 6.76. The molecule has 1 saturated heterocycles. The summed E-state index contributed by atoms with van der Waals surface area (Å²) in [6, 6.07) is 2.13. The van der Waals surface area contributed by atoms with Crippen molar-refractivity contribution in [2.24, 2.45) is 5.92 Å². The lowest BCUT2D eigenvalue weighted by Crippen LogP contribution is -2.39. The van der Waals surface area contributed by atoms with E-state index in [0.717, 1.165) is 45.4 Å². The van der Waals surface area contributed by atoms with Crippen LogP contribution in [0.3, 0.4) is 0 Å². The summed E-state index contributed by atoms with van der Waals surface area (Å²) in [5, 5.41) is 2.11. The highest BCUT2D eigenvalue weighted by Crippen LogP contribution is 2.28. The molecule has 0 aliphatic carbocycles. The zero-order valence-corrected chi connectivity index (χ0v) is 14.8. The summed E-state index contributed by atoms with van der Waals surface area (Å²) >= 11 is 1.79. The Hall–Kier alpha value is -2.02. The van der Waals surface area contributed by atoms with Crippen molar-refractivity contribution in [3.05, 3.63) is 40.2 Å². The maximum Gasteiger partial charge on any atom is 0.223 e. The summed E-state index contributed by atoms with van der Waals surface area (Å²) in [6.07, 6.45) is 5.94. The molecule has 0 bridgehead atoms. The van der Waals surface area contributed by atoms with Crippen LogP contribution in [0.5, 0.6) is 0 Å². The molecule has 0 unspecified atom stereocenters. The molecule has 2 aliphatic heterocycles. The van der Waals surface area contributed by atoms with Crippen LogP contribution in [-0.2, 0) is 17.8 Å². The zero-order chi connectivity index (χ0) is 17.2. The van der Waals surface area contributed by atoms with Crippen molar-refractivity contribution in [1.82, 2.24) is 14.9 Å². The topological polar surface area (TPSA) is 49.3 Å². The SMILES string of the molecule is O=C(CC1CCN(c2ncncc2F)CC1)N1CCc2sccc2C1. The minimum absolute atomic E-state index is 0.253. The highest BCUT2D eigenvalue weighted by molar-refractivity contribution is 7.10. The fraction of sp³-hybridized carbons (Fsp3) is 0.500. The highest BCUT2D eigenvalue weighted by atomic mass is 32.1. The van der Waals surface area contributed by atoms with Crippen LogP contribution < -0.4 is 4.90 Å². The molecular formula is C18H21FN4OS. The Morgan fingerprint density at radius 2 is 2.16 bits per heavy atom. The number of thiophene rings is 1. The monoisotopic (exact) mass is 360 g/mol. The Morgan fingerprint density at radius 3 is 2.96 bits per heavy atom. The van der Waals surface area contributed by atoms with Gasteiger partial charge in [-0.25, -0.2) is 14.4 Å². The Bertz CT molecular complexity index is 757. The van der Waals surface area contributed by atoms with Crippen LogP contribution in [0.2, 0.25) is 0 Å². The van der Waals surface area contributed by atoms with Crippen molar-refractivity contribution in [3.8, 4) is 0 Å². The first-order chi connectivity index (χ1) is 12.2. The number of aromatic nitrogens is 2. The molecule has 2 aromatic rings. The van der Waals surface area contributed by atoms with Crippen molar-refractivity contribution >= 4 is 23.1 Å². The molecular weight excluding hydrogens is 339 g/mol. The van der Waals surface area contributed by atoms with Gasteiger partial charge in [-0.3, -0.25) is 4.79 Å². The normalized spacial score (nSPS) is 18.3. The van der Waals surface area contributed by atoms with Gasteiger partial charge in [0.05, 0.1) is 6.20 Å². The van der Waals surface area contributed by atoms with Gasteiger partial charge in [0.25, 0.3) is 0 Å². The first-order valence-electron chi connectivity index (χ1n) is 8.74. The van der Waals surface area contributed by atoms with E-state index in [0.29, 0.717) is 18.2 Å². The third-order valence-corrected chi connectivity index (χ3v) is 6.21. The second-order valence-corrected chi connectivity index (χ2v) is 7.76. The lowest BCUT2D eigenvalue weighted by Gasteiger charge is -2.34. The molecule has 25 heavy (non-hydrogen) atoms. The van der Waals surface area contributed by atoms with Gasteiger partial charge >= 0.3 is 0 Å². The summed E-state index contributed by atoms with van der Waals surface area (Å²) in [5.41, 5.74) is 1.30. The van der Waals surface area contributed by atoms with Gasteiger partial charge < -0.3 is 9.80 Å². The molecule has 4 rings (SSSR count). The predicted octanol–water partition coefficient (Wildman–Crippen LogP) is 2.87. The van der Waals surface area contributed by atoms with Crippen LogP contribution in [0.25, 0.3) is 0 Å². The number of hydrogen-bond acceptors (Lipinski definition) is 5. The molecule has 1 fully saturated rings. The number of hydrogen-bond donors (Lipinski definition) is 0. The lowest BCUT2D eigenvalue weighted by atomic mass is 9.92. The van der Waals surface area contributed by atoms with Crippen molar-refractivity contribution in [3.63, 3.8) is 0 Å².